The van der Waals surface area contributed by atoms with Crippen LogP contribution in [0.5, 0.6) is 0 Å². The van der Waals surface area contributed by atoms with Crippen LogP contribution in [0.1, 0.15) is 232 Å². The summed E-state index contributed by atoms with van der Waals surface area (Å²) in [5, 5.41) is 3.26. The van der Waals surface area contributed by atoms with Gasteiger partial charge in [-0.1, -0.05) is 206 Å². The van der Waals surface area contributed by atoms with Gasteiger partial charge in [-0.25, -0.2) is 0 Å². The highest BCUT2D eigenvalue weighted by Crippen LogP contribution is 2.16. The molecule has 0 aliphatic carbocycles. The second kappa shape index (κ2) is 40.9. The topological polar surface area (TPSA) is 30.5 Å². The van der Waals surface area contributed by atoms with Gasteiger partial charge in [-0.3, -0.25) is 0 Å². The molecular weight excluding hydrogens is 538 g/mol. The maximum atomic E-state index is 6.19. The van der Waals surface area contributed by atoms with Crippen LogP contribution in [0.25, 0.3) is 0 Å². The molecule has 0 atom stereocenters. The molecule has 0 spiro atoms. The molecule has 1 N–H and O–H groups in total. The second-order valence-corrected chi connectivity index (χ2v) is 14.0. The second-order valence-electron chi connectivity index (χ2n) is 14.0. The molecule has 0 unspecified atom stereocenters. The largest absolute Gasteiger partial charge is 0.353 e. The lowest BCUT2D eigenvalue weighted by Crippen LogP contribution is -2.21. The third-order valence-electron chi connectivity index (χ3n) is 9.47. The highest BCUT2D eigenvalue weighted by Gasteiger charge is 2.09. The first-order valence-corrected chi connectivity index (χ1v) is 20.7. The Balaban J connectivity index is 3.51. The maximum Gasteiger partial charge on any atom is 0.157 e. The first kappa shape index (κ1) is 43.9. The quantitative estimate of drug-likeness (QED) is 0.0544. The van der Waals surface area contributed by atoms with Crippen LogP contribution >= 0.6 is 0 Å². The van der Waals surface area contributed by atoms with Gasteiger partial charge in [0.15, 0.2) is 6.29 Å². The summed E-state index contributed by atoms with van der Waals surface area (Å²) in [6.45, 7) is 7.37. The van der Waals surface area contributed by atoms with E-state index < -0.39 is 0 Å². The van der Waals surface area contributed by atoms with E-state index in [4.69, 9.17) is 9.47 Å². The first-order chi connectivity index (χ1) is 21.8. The number of nitrogens with one attached hydrogen (secondary N) is 1. The van der Waals surface area contributed by atoms with Gasteiger partial charge in [-0.05, 0) is 39.3 Å². The smallest absolute Gasteiger partial charge is 0.157 e. The zero-order chi connectivity index (χ0) is 31.9. The van der Waals surface area contributed by atoms with E-state index in [1.165, 1.54) is 205 Å². The molecule has 0 heterocycles. The fourth-order valence-electron chi connectivity index (χ4n) is 6.39. The average molecular weight is 624 g/mol. The molecule has 266 valence electrons. The average Bonchev–Trinajstić information content (AvgIpc) is 3.03. The molecule has 0 radical (unpaired) electrons. The van der Waals surface area contributed by atoms with Gasteiger partial charge in [0.1, 0.15) is 0 Å². The van der Waals surface area contributed by atoms with Crippen LogP contribution in [0, 0.1) is 0 Å². The van der Waals surface area contributed by atoms with E-state index in [-0.39, 0.29) is 6.29 Å². The summed E-state index contributed by atoms with van der Waals surface area (Å²) >= 11 is 0. The number of hydrogen-bond acceptors (Lipinski definition) is 3. The summed E-state index contributed by atoms with van der Waals surface area (Å²) in [7, 11) is 2.03. The van der Waals surface area contributed by atoms with E-state index >= 15 is 0 Å². The van der Waals surface area contributed by atoms with Gasteiger partial charge in [0.2, 0.25) is 0 Å². The van der Waals surface area contributed by atoms with Crippen LogP contribution in [0.3, 0.4) is 0 Å². The normalized spacial score (nSPS) is 11.7. The van der Waals surface area contributed by atoms with Crippen molar-refractivity contribution in [3.63, 3.8) is 0 Å². The van der Waals surface area contributed by atoms with Crippen molar-refractivity contribution in [1.29, 1.82) is 0 Å². The predicted molar refractivity (Wildman–Crippen MR) is 198 cm³/mol. The third kappa shape index (κ3) is 38.1. The van der Waals surface area contributed by atoms with Crippen molar-refractivity contribution in [2.24, 2.45) is 0 Å². The Labute approximate surface area is 279 Å². The molecule has 3 heteroatoms. The predicted octanol–water partition coefficient (Wildman–Crippen LogP) is 13.9. The minimum atomic E-state index is -0.00367. The Hall–Kier alpha value is -0.120. The Kier molecular flexibility index (Phi) is 40.8. The van der Waals surface area contributed by atoms with E-state index in [1.807, 2.05) is 7.05 Å². The lowest BCUT2D eigenvalue weighted by atomic mass is 10.0. The molecule has 0 amide bonds. The van der Waals surface area contributed by atoms with Gasteiger partial charge < -0.3 is 14.8 Å². The van der Waals surface area contributed by atoms with Gasteiger partial charge >= 0.3 is 0 Å². The highest BCUT2D eigenvalue weighted by molar-refractivity contribution is 4.54. The van der Waals surface area contributed by atoms with Crippen molar-refractivity contribution in [1.82, 2.24) is 5.32 Å². The van der Waals surface area contributed by atoms with E-state index in [0.29, 0.717) is 0 Å². The number of ether oxygens (including phenoxy) is 2. The zero-order valence-electron chi connectivity index (χ0n) is 31.1. The molecule has 0 fully saturated rings. The Bertz CT molecular complexity index is 447. The summed E-state index contributed by atoms with van der Waals surface area (Å²) in [5.74, 6) is 0. The molecule has 0 aromatic heterocycles. The summed E-state index contributed by atoms with van der Waals surface area (Å²) in [6, 6.07) is 0. The van der Waals surface area contributed by atoms with Crippen molar-refractivity contribution in [2.45, 2.75) is 238 Å². The standard InChI is InChI=1S/C41H85NO2/c1-4-6-8-10-12-14-16-18-20-22-24-26-28-30-32-34-39-43-41(37-36-38-42-3)44-40-35-33-31-29-27-25-23-21-19-17-15-13-11-9-7-5-2/h41-42H,4-40H2,1-3H3. The van der Waals surface area contributed by atoms with Gasteiger partial charge in [0.25, 0.3) is 0 Å². The fourth-order valence-corrected chi connectivity index (χ4v) is 6.39. The lowest BCUT2D eigenvalue weighted by Gasteiger charge is -2.19. The van der Waals surface area contributed by atoms with Crippen LogP contribution in [0.2, 0.25) is 0 Å². The van der Waals surface area contributed by atoms with Crippen LogP contribution in [0.4, 0.5) is 0 Å². The molecule has 0 saturated heterocycles. The molecule has 0 aliphatic rings. The van der Waals surface area contributed by atoms with Crippen molar-refractivity contribution in [3.05, 3.63) is 0 Å². The minimum Gasteiger partial charge on any atom is -0.353 e. The van der Waals surface area contributed by atoms with Crippen molar-refractivity contribution < 1.29 is 9.47 Å². The molecule has 0 bridgehead atoms. The van der Waals surface area contributed by atoms with Gasteiger partial charge in [-0.2, -0.15) is 0 Å². The zero-order valence-corrected chi connectivity index (χ0v) is 31.1. The molecule has 0 aromatic rings. The van der Waals surface area contributed by atoms with Crippen LogP contribution in [-0.2, 0) is 9.47 Å². The molecule has 0 aliphatic heterocycles. The number of hydrogen-bond donors (Lipinski definition) is 1. The van der Waals surface area contributed by atoms with Gasteiger partial charge in [-0.15, -0.1) is 0 Å². The Morgan fingerprint density at radius 2 is 0.591 bits per heavy atom. The lowest BCUT2D eigenvalue weighted by molar-refractivity contribution is -0.147. The summed E-state index contributed by atoms with van der Waals surface area (Å²) in [5.41, 5.74) is 0. The summed E-state index contributed by atoms with van der Waals surface area (Å²) in [6.07, 6.45) is 47.3. The molecule has 0 saturated carbocycles. The van der Waals surface area contributed by atoms with Crippen LogP contribution in [0.15, 0.2) is 0 Å². The van der Waals surface area contributed by atoms with Crippen molar-refractivity contribution in [2.75, 3.05) is 26.8 Å². The molecule has 3 nitrogen and oxygen atoms in total. The van der Waals surface area contributed by atoms with E-state index in [1.54, 1.807) is 0 Å². The van der Waals surface area contributed by atoms with Gasteiger partial charge in [0, 0.05) is 13.2 Å². The van der Waals surface area contributed by atoms with Crippen molar-refractivity contribution in [3.8, 4) is 0 Å². The SMILES string of the molecule is CCCCCCCCCCCCCCCCCCOC(CCCNC)OCCCCCCCCCCCCCCCCCC. The van der Waals surface area contributed by atoms with E-state index in [2.05, 4.69) is 19.2 Å². The van der Waals surface area contributed by atoms with Crippen LogP contribution in [-0.4, -0.2) is 33.1 Å². The van der Waals surface area contributed by atoms with Gasteiger partial charge in [0.05, 0.1) is 0 Å². The maximum absolute atomic E-state index is 6.19. The van der Waals surface area contributed by atoms with E-state index in [9.17, 15) is 0 Å². The van der Waals surface area contributed by atoms with E-state index in [0.717, 1.165) is 32.6 Å². The Morgan fingerprint density at radius 3 is 0.841 bits per heavy atom. The number of rotatable bonds is 40. The third-order valence-corrected chi connectivity index (χ3v) is 9.47. The highest BCUT2D eigenvalue weighted by atomic mass is 16.7. The molecular formula is C41H85NO2. The van der Waals surface area contributed by atoms with Crippen molar-refractivity contribution >= 4 is 0 Å². The summed E-state index contributed by atoms with van der Waals surface area (Å²) in [4.78, 5) is 0. The first-order valence-electron chi connectivity index (χ1n) is 20.7. The molecule has 44 heavy (non-hydrogen) atoms. The van der Waals surface area contributed by atoms with Crippen LogP contribution < -0.4 is 5.32 Å². The summed E-state index contributed by atoms with van der Waals surface area (Å²) < 4.78 is 12.4. The molecule has 0 rings (SSSR count). The monoisotopic (exact) mass is 624 g/mol. The fraction of sp³-hybridized carbons (Fsp3) is 1.00. The molecule has 0 aromatic carbocycles. The minimum absolute atomic E-state index is 0.00367. The Morgan fingerprint density at radius 1 is 0.341 bits per heavy atom. The number of unbranched alkanes of at least 4 members (excludes halogenated alkanes) is 30.